The zero-order chi connectivity index (χ0) is 45.1. The third-order valence-electron chi connectivity index (χ3n) is 14.6. The molecule has 348 valence electrons. The third kappa shape index (κ3) is 14.3. The van der Waals surface area contributed by atoms with Gasteiger partial charge in [-0.15, -0.1) is 0 Å². The van der Waals surface area contributed by atoms with Crippen LogP contribution in [-0.4, -0.2) is 111 Å². The topological polar surface area (TPSA) is 113 Å². The van der Waals surface area contributed by atoms with Gasteiger partial charge in [0.25, 0.3) is 0 Å². The third-order valence-corrected chi connectivity index (χ3v) is 17.6. The van der Waals surface area contributed by atoms with E-state index >= 15 is 0 Å². The van der Waals surface area contributed by atoms with Gasteiger partial charge in [-0.1, -0.05) is 123 Å². The van der Waals surface area contributed by atoms with Crippen molar-refractivity contribution >= 4 is 65.1 Å². The maximum absolute atomic E-state index is 10.9. The van der Waals surface area contributed by atoms with E-state index in [0.29, 0.717) is 56.0 Å². The average Bonchev–Trinajstić information content (AvgIpc) is 3.27. The summed E-state index contributed by atoms with van der Waals surface area (Å²) in [6.07, 6.45) is -2.62. The molecule has 2 aromatic rings. The lowest BCUT2D eigenvalue weighted by molar-refractivity contribution is -0.324. The Kier molecular flexibility index (Phi) is 22.7. The van der Waals surface area contributed by atoms with E-state index in [0.717, 1.165) is 5.56 Å². The van der Waals surface area contributed by atoms with E-state index < -0.39 is 49.3 Å². The van der Waals surface area contributed by atoms with Crippen molar-refractivity contribution in [2.24, 2.45) is 53.3 Å². The molecule has 0 saturated carbocycles. The molecule has 4 aliphatic rings. The van der Waals surface area contributed by atoms with Crippen LogP contribution in [-0.2, 0) is 58.7 Å². The van der Waals surface area contributed by atoms with Crippen LogP contribution < -0.4 is 0 Å². The zero-order valence-corrected chi connectivity index (χ0v) is 46.0. The Bertz CT molecular complexity index is 1440. The van der Waals surface area contributed by atoms with Crippen molar-refractivity contribution in [1.82, 2.24) is 0 Å². The van der Waals surface area contributed by atoms with Crippen molar-refractivity contribution in [1.29, 1.82) is 0 Å². The van der Waals surface area contributed by atoms with Gasteiger partial charge in [0, 0.05) is 29.6 Å². The Labute approximate surface area is 407 Å². The Morgan fingerprint density at radius 2 is 0.871 bits per heavy atom. The number of hydrogen-bond acceptors (Lipinski definition) is 11. The first kappa shape index (κ1) is 53.5. The number of aliphatic hydroxyl groups excluding tert-OH is 1. The molecule has 4 fully saturated rings. The summed E-state index contributed by atoms with van der Waals surface area (Å²) in [7, 11) is 0. The highest BCUT2D eigenvalue weighted by molar-refractivity contribution is 14.1. The summed E-state index contributed by atoms with van der Waals surface area (Å²) in [4.78, 5) is 0. The van der Waals surface area contributed by atoms with Crippen molar-refractivity contribution in [3.63, 3.8) is 0 Å². The molecule has 62 heavy (non-hydrogen) atoms. The summed E-state index contributed by atoms with van der Waals surface area (Å²) >= 11 is 3.29. The lowest BCUT2D eigenvalue weighted by Gasteiger charge is -2.48. The fourth-order valence-electron chi connectivity index (χ4n) is 9.12. The van der Waals surface area contributed by atoms with E-state index in [2.05, 4.69) is 134 Å². The van der Waals surface area contributed by atoms with Gasteiger partial charge in [0.2, 0.25) is 0 Å². The zero-order valence-electron chi connectivity index (χ0n) is 38.8. The second-order valence-corrected chi connectivity index (χ2v) is 23.3. The van der Waals surface area contributed by atoms with Crippen molar-refractivity contribution < 1.29 is 50.6 Å². The molecule has 4 saturated heterocycles. The molecule has 15 heteroatoms. The van der Waals surface area contributed by atoms with E-state index in [-0.39, 0.29) is 66.8 Å². The summed E-state index contributed by atoms with van der Waals surface area (Å²) < 4.78 is 61.8. The van der Waals surface area contributed by atoms with Crippen molar-refractivity contribution in [3.8, 4) is 0 Å². The van der Waals surface area contributed by atoms with Crippen LogP contribution >= 0.6 is 40.5 Å². The summed E-state index contributed by atoms with van der Waals surface area (Å²) in [6.45, 7) is 26.3. The van der Waals surface area contributed by atoms with Crippen LogP contribution in [0.4, 0.5) is 0 Å². The van der Waals surface area contributed by atoms with Gasteiger partial charge in [-0.25, -0.2) is 0 Å². The molecule has 11 nitrogen and oxygen atoms in total. The number of aliphatic hydroxyl groups is 1. The Balaban J connectivity index is 0.000000234. The van der Waals surface area contributed by atoms with E-state index in [1.165, 1.54) is 5.56 Å². The summed E-state index contributed by atoms with van der Waals surface area (Å²) in [5.74, 6) is 2.66. The molecule has 0 spiro atoms. The first-order valence-corrected chi connectivity index (χ1v) is 34.2. The van der Waals surface area contributed by atoms with Crippen LogP contribution in [0.15, 0.2) is 60.7 Å². The van der Waals surface area contributed by atoms with Gasteiger partial charge in [0.1, 0.15) is 12.4 Å². The van der Waals surface area contributed by atoms with Gasteiger partial charge >= 0.3 is 24.5 Å². The highest BCUT2D eigenvalue weighted by Gasteiger charge is 2.48. The highest BCUT2D eigenvalue weighted by atomic mass is 127. The summed E-state index contributed by atoms with van der Waals surface area (Å²) in [6, 6.07) is 20.5. The lowest BCUT2D eigenvalue weighted by Crippen LogP contribution is -2.58. The quantitative estimate of drug-likeness (QED) is 0.129. The number of halogens is 2. The van der Waals surface area contributed by atoms with Crippen LogP contribution in [0.25, 0.3) is 0 Å². The van der Waals surface area contributed by atoms with Crippen LogP contribution in [0.2, 0.25) is 0 Å². The molecule has 0 amide bonds. The van der Waals surface area contributed by atoms with E-state index in [1.54, 1.807) is 0 Å². The number of hydrogen-bond donors (Lipinski definition) is 1. The first-order chi connectivity index (χ1) is 29.7. The normalized spacial score (nSPS) is 41.1. The van der Waals surface area contributed by atoms with Crippen LogP contribution in [0.1, 0.15) is 87.3 Å². The average molecular weight is 1120 g/mol. The second-order valence-electron chi connectivity index (χ2n) is 18.5. The minimum absolute atomic E-state index is 0.0246. The molecule has 8 unspecified atom stereocenters. The molecular weight excluding hydrogens is 1050 g/mol. The molecule has 0 bridgehead atoms. The highest BCUT2D eigenvalue weighted by Crippen LogP contribution is 2.41. The summed E-state index contributed by atoms with van der Waals surface area (Å²) in [5.41, 5.74) is 2.34. The minimum Gasteiger partial charge on any atom is -0.472 e. The molecule has 4 aliphatic heterocycles. The molecular formula is C47H74Al2I2O11. The molecule has 6 rings (SSSR count). The van der Waals surface area contributed by atoms with Crippen LogP contribution in [0.5, 0.6) is 0 Å². The molecule has 20 atom stereocenters. The van der Waals surface area contributed by atoms with Gasteiger partial charge in [-0.2, -0.15) is 40.5 Å². The number of rotatable bonds is 16. The standard InChI is InChI=1S/C24H37O5.C23H35O6.2Al.2HI.2H/c1-14-15(2)21(13-26-12-20-10-8-7-9-11-20)28-24(16(14)3)29-22-17(4)19(6)27-23(25)18(22)5;1-13-14(2)19(12-26-11-18-9-7-6-8-10-18)28-23(15(13)3)29-21-16(4)17(5)27-22(25)20(21)24;;;;;;/h7-11,14-19,21-24H,12-13H2,1-6H3;6-10,13-17,19-24H,11-12H2,1-5H3;;;2*1H;;/q2*-1;2*+2;;;;/p-2/t14?,15-,16?,17-,18?,19?,21-,22-,23+,24+;13?,14-,15?,16-,17?,19-,20?,21-,22+,23+;;;;;;/m00....../s1. The SMILES string of the molecule is CC1C(C)[C@H](C)[C@H](COCc2ccccc2)O[C@@H]1O[C@@H]1C(C)[C@H]([O][AlH][I])OC(C)[C@@H]1C.CC1C(C)[C@H](C)[C@H](COCc2ccccc2)O[C@@H]1O[C@@H]1C(O)[C@H]([O][AlH][I])OC(C)[C@@H]1C. The smallest absolute Gasteiger partial charge is 0.472 e. The summed E-state index contributed by atoms with van der Waals surface area (Å²) in [5, 5.41) is 10.9. The van der Waals surface area contributed by atoms with E-state index in [1.807, 2.05) is 43.3 Å². The first-order valence-electron chi connectivity index (χ1n) is 22.9. The fourth-order valence-corrected chi connectivity index (χ4v) is 12.2. The number of ether oxygens (including phenoxy) is 8. The Morgan fingerprint density at radius 1 is 0.468 bits per heavy atom. The molecule has 0 radical (unpaired) electrons. The molecule has 0 aromatic heterocycles. The monoisotopic (exact) mass is 1120 g/mol. The van der Waals surface area contributed by atoms with Crippen molar-refractivity contribution in [2.45, 2.75) is 157 Å². The minimum atomic E-state index is -0.827. The second kappa shape index (κ2) is 26.3. The Morgan fingerprint density at radius 3 is 1.32 bits per heavy atom. The maximum Gasteiger partial charge on any atom is 0.527 e. The predicted octanol–water partition coefficient (Wildman–Crippen LogP) is 8.64. The molecule has 1 N–H and O–H groups in total. The Hall–Kier alpha value is 0.525. The van der Waals surface area contributed by atoms with Gasteiger partial charge in [0.15, 0.2) is 18.9 Å². The number of benzene rings is 2. The largest absolute Gasteiger partial charge is 0.527 e. The van der Waals surface area contributed by atoms with Gasteiger partial charge in [-0.3, -0.25) is 0 Å². The fraction of sp³-hybridized carbons (Fsp3) is 0.745. The van der Waals surface area contributed by atoms with E-state index in [4.69, 9.17) is 45.5 Å². The van der Waals surface area contributed by atoms with Crippen LogP contribution in [0, 0.1) is 53.3 Å². The van der Waals surface area contributed by atoms with E-state index in [9.17, 15) is 5.11 Å². The molecule has 0 aliphatic carbocycles. The maximum atomic E-state index is 10.9. The lowest BCUT2D eigenvalue weighted by atomic mass is 9.78. The van der Waals surface area contributed by atoms with Gasteiger partial charge in [-0.05, 0) is 48.6 Å². The predicted molar refractivity (Wildman–Crippen MR) is 261 cm³/mol. The molecule has 4 heterocycles. The van der Waals surface area contributed by atoms with Gasteiger partial charge < -0.3 is 50.6 Å². The van der Waals surface area contributed by atoms with Crippen LogP contribution in [0.3, 0.4) is 0 Å². The van der Waals surface area contributed by atoms with Crippen molar-refractivity contribution in [3.05, 3.63) is 71.8 Å². The molecule has 2 aromatic carbocycles. The van der Waals surface area contributed by atoms with Gasteiger partial charge in [0.05, 0.1) is 63.1 Å². The van der Waals surface area contributed by atoms with Crippen molar-refractivity contribution in [2.75, 3.05) is 13.2 Å².